The zero-order chi connectivity index (χ0) is 13.2. The third-order valence-corrected chi connectivity index (χ3v) is 3.72. The van der Waals surface area contributed by atoms with Crippen molar-refractivity contribution in [3.8, 4) is 0 Å². The average molecular weight is 267 g/mol. The Bertz CT molecular complexity index is 636. The number of hydrogen-bond donors (Lipinski definition) is 2. The van der Waals surface area contributed by atoms with Crippen molar-refractivity contribution in [2.75, 3.05) is 5.73 Å². The number of nitrogens with zero attached hydrogens (tertiary/aromatic N) is 3. The fraction of sp³-hybridized carbons (Fsp3) is 0.200. The Morgan fingerprint density at radius 1 is 1.50 bits per heavy atom. The standard InChI is InChI=1S/C10H13N5O2S/c1-15-7-9(10(11)14-15)18(16,17)13-6-8-3-2-4-12-5-8/h2-5,7,13H,6H2,1H3,(H2,11,14). The first kappa shape index (κ1) is 12.5. The fourth-order valence-electron chi connectivity index (χ4n) is 1.45. The molecule has 2 rings (SSSR count). The van der Waals surface area contributed by atoms with E-state index in [9.17, 15) is 8.42 Å². The second-order valence-corrected chi connectivity index (χ2v) is 5.47. The number of sulfonamides is 1. The van der Waals surface area contributed by atoms with Gasteiger partial charge in [0.25, 0.3) is 0 Å². The Labute approximate surface area is 105 Å². The predicted molar refractivity (Wildman–Crippen MR) is 65.9 cm³/mol. The summed E-state index contributed by atoms with van der Waals surface area (Å²) in [5.41, 5.74) is 6.30. The number of nitrogens with one attached hydrogen (secondary N) is 1. The lowest BCUT2D eigenvalue weighted by atomic mass is 10.3. The van der Waals surface area contributed by atoms with Crippen molar-refractivity contribution in [2.45, 2.75) is 11.4 Å². The van der Waals surface area contributed by atoms with Crippen LogP contribution in [0.4, 0.5) is 5.82 Å². The Kier molecular flexibility index (Phi) is 3.30. The van der Waals surface area contributed by atoms with Crippen LogP contribution < -0.4 is 10.5 Å². The maximum Gasteiger partial charge on any atom is 0.246 e. The number of nitrogen functional groups attached to an aromatic ring is 1. The molecule has 0 saturated carbocycles. The van der Waals surface area contributed by atoms with Crippen molar-refractivity contribution in [3.63, 3.8) is 0 Å². The SMILES string of the molecule is Cn1cc(S(=O)(=O)NCc2cccnc2)c(N)n1. The highest BCUT2D eigenvalue weighted by Gasteiger charge is 2.20. The zero-order valence-electron chi connectivity index (χ0n) is 9.74. The molecule has 3 N–H and O–H groups in total. The maximum absolute atomic E-state index is 12.0. The summed E-state index contributed by atoms with van der Waals surface area (Å²) >= 11 is 0. The lowest BCUT2D eigenvalue weighted by molar-refractivity contribution is 0.581. The Morgan fingerprint density at radius 3 is 2.83 bits per heavy atom. The Morgan fingerprint density at radius 2 is 2.28 bits per heavy atom. The molecular weight excluding hydrogens is 254 g/mol. The van der Waals surface area contributed by atoms with Crippen LogP contribution in [0.2, 0.25) is 0 Å². The molecule has 2 aromatic rings. The van der Waals surface area contributed by atoms with Gasteiger partial charge in [0, 0.05) is 32.2 Å². The molecule has 2 heterocycles. The quantitative estimate of drug-likeness (QED) is 0.803. The number of anilines is 1. The predicted octanol–water partition coefficient (Wildman–Crippen LogP) is -0.124. The molecule has 2 aromatic heterocycles. The molecule has 0 spiro atoms. The Hall–Kier alpha value is -1.93. The van der Waals surface area contributed by atoms with Crippen LogP contribution in [-0.2, 0) is 23.6 Å². The van der Waals surface area contributed by atoms with Crippen molar-refractivity contribution in [1.82, 2.24) is 19.5 Å². The molecule has 8 heteroatoms. The molecule has 0 aliphatic carbocycles. The average Bonchev–Trinajstić information content (AvgIpc) is 2.68. The molecule has 0 aliphatic heterocycles. The van der Waals surface area contributed by atoms with Gasteiger partial charge in [0.1, 0.15) is 4.90 Å². The van der Waals surface area contributed by atoms with Crippen LogP contribution >= 0.6 is 0 Å². The third kappa shape index (κ3) is 2.66. The summed E-state index contributed by atoms with van der Waals surface area (Å²) in [5.74, 6) is -0.0174. The minimum Gasteiger partial charge on any atom is -0.381 e. The van der Waals surface area contributed by atoms with Gasteiger partial charge in [0.15, 0.2) is 5.82 Å². The number of aryl methyl sites for hydroxylation is 1. The van der Waals surface area contributed by atoms with E-state index in [4.69, 9.17) is 5.73 Å². The number of nitrogens with two attached hydrogens (primary N) is 1. The molecule has 0 radical (unpaired) electrons. The molecule has 0 saturated heterocycles. The second-order valence-electron chi connectivity index (χ2n) is 3.74. The molecule has 0 bridgehead atoms. The van der Waals surface area contributed by atoms with Gasteiger partial charge in [0.2, 0.25) is 10.0 Å². The van der Waals surface area contributed by atoms with Crippen molar-refractivity contribution in [3.05, 3.63) is 36.3 Å². The molecule has 0 aliphatic rings. The maximum atomic E-state index is 12.0. The first-order chi connectivity index (χ1) is 8.49. The molecule has 0 unspecified atom stereocenters. The van der Waals surface area contributed by atoms with Gasteiger partial charge in [-0.2, -0.15) is 5.10 Å². The van der Waals surface area contributed by atoms with Gasteiger partial charge < -0.3 is 5.73 Å². The van der Waals surface area contributed by atoms with E-state index in [0.717, 1.165) is 5.56 Å². The number of hydrogen-bond acceptors (Lipinski definition) is 5. The van der Waals surface area contributed by atoms with E-state index in [1.807, 2.05) is 0 Å². The highest BCUT2D eigenvalue weighted by Crippen LogP contribution is 2.15. The monoisotopic (exact) mass is 267 g/mol. The molecule has 0 aromatic carbocycles. The number of pyridine rings is 1. The van der Waals surface area contributed by atoms with Crippen molar-refractivity contribution >= 4 is 15.8 Å². The molecule has 0 fully saturated rings. The highest BCUT2D eigenvalue weighted by atomic mass is 32.2. The molecule has 7 nitrogen and oxygen atoms in total. The van der Waals surface area contributed by atoms with Crippen molar-refractivity contribution < 1.29 is 8.42 Å². The van der Waals surface area contributed by atoms with E-state index in [1.54, 1.807) is 31.6 Å². The lowest BCUT2D eigenvalue weighted by Crippen LogP contribution is -2.23. The molecule has 96 valence electrons. The van der Waals surface area contributed by atoms with Crippen LogP contribution in [0, 0.1) is 0 Å². The lowest BCUT2D eigenvalue weighted by Gasteiger charge is -2.04. The fourth-order valence-corrected chi connectivity index (χ4v) is 2.57. The van der Waals surface area contributed by atoms with Gasteiger partial charge in [-0.25, -0.2) is 13.1 Å². The second kappa shape index (κ2) is 4.75. The first-order valence-electron chi connectivity index (χ1n) is 5.17. The van der Waals surface area contributed by atoms with Crippen LogP contribution in [0.15, 0.2) is 35.6 Å². The zero-order valence-corrected chi connectivity index (χ0v) is 10.6. The van der Waals surface area contributed by atoms with Crippen LogP contribution in [-0.4, -0.2) is 23.2 Å². The summed E-state index contributed by atoms with van der Waals surface area (Å²) in [6, 6.07) is 3.52. The van der Waals surface area contributed by atoms with Gasteiger partial charge in [-0.1, -0.05) is 6.07 Å². The highest BCUT2D eigenvalue weighted by molar-refractivity contribution is 7.89. The van der Waals surface area contributed by atoms with E-state index >= 15 is 0 Å². The number of aromatic nitrogens is 3. The van der Waals surface area contributed by atoms with Gasteiger partial charge in [-0.05, 0) is 11.6 Å². The van der Waals surface area contributed by atoms with E-state index in [2.05, 4.69) is 14.8 Å². The van der Waals surface area contributed by atoms with E-state index in [-0.39, 0.29) is 17.3 Å². The molecule has 0 amide bonds. The van der Waals surface area contributed by atoms with Crippen LogP contribution in [0.3, 0.4) is 0 Å². The van der Waals surface area contributed by atoms with E-state index < -0.39 is 10.0 Å². The topological polar surface area (TPSA) is 103 Å². The minimum atomic E-state index is -3.65. The largest absolute Gasteiger partial charge is 0.381 e. The molecular formula is C10H13N5O2S. The normalized spacial score (nSPS) is 11.6. The smallest absolute Gasteiger partial charge is 0.246 e. The molecule has 18 heavy (non-hydrogen) atoms. The van der Waals surface area contributed by atoms with E-state index in [1.165, 1.54) is 10.9 Å². The van der Waals surface area contributed by atoms with Gasteiger partial charge in [-0.3, -0.25) is 9.67 Å². The van der Waals surface area contributed by atoms with Gasteiger partial charge >= 0.3 is 0 Å². The molecule has 0 atom stereocenters. The van der Waals surface area contributed by atoms with Crippen LogP contribution in [0.25, 0.3) is 0 Å². The van der Waals surface area contributed by atoms with Gasteiger partial charge in [0.05, 0.1) is 0 Å². The minimum absolute atomic E-state index is 0.0174. The summed E-state index contributed by atoms with van der Waals surface area (Å²) in [6.07, 6.45) is 4.58. The van der Waals surface area contributed by atoms with Crippen molar-refractivity contribution in [1.29, 1.82) is 0 Å². The van der Waals surface area contributed by atoms with Crippen LogP contribution in [0.5, 0.6) is 0 Å². The first-order valence-corrected chi connectivity index (χ1v) is 6.65. The van der Waals surface area contributed by atoms with Gasteiger partial charge in [-0.15, -0.1) is 0 Å². The number of rotatable bonds is 4. The summed E-state index contributed by atoms with van der Waals surface area (Å²) in [7, 11) is -2.05. The third-order valence-electron chi connectivity index (χ3n) is 2.30. The summed E-state index contributed by atoms with van der Waals surface area (Å²) < 4.78 is 27.7. The van der Waals surface area contributed by atoms with Crippen LogP contribution in [0.1, 0.15) is 5.56 Å². The van der Waals surface area contributed by atoms with Crippen molar-refractivity contribution in [2.24, 2.45) is 7.05 Å². The summed E-state index contributed by atoms with van der Waals surface area (Å²) in [4.78, 5) is 3.88. The Balaban J connectivity index is 2.16. The summed E-state index contributed by atoms with van der Waals surface area (Å²) in [5, 5.41) is 3.80. The van der Waals surface area contributed by atoms with E-state index in [0.29, 0.717) is 0 Å². The summed E-state index contributed by atoms with van der Waals surface area (Å²) in [6.45, 7) is 0.157.